The third-order valence-corrected chi connectivity index (χ3v) is 3.98. The van der Waals surface area contributed by atoms with E-state index < -0.39 is 6.10 Å². The fourth-order valence-electron chi connectivity index (χ4n) is 2.51. The zero-order valence-electron chi connectivity index (χ0n) is 13.3. The zero-order chi connectivity index (χ0) is 14.6. The van der Waals surface area contributed by atoms with Gasteiger partial charge in [-0.25, -0.2) is 0 Å². The van der Waals surface area contributed by atoms with Crippen LogP contribution < -0.4 is 5.32 Å². The topological polar surface area (TPSA) is 50.7 Å². The van der Waals surface area contributed by atoms with Crippen LogP contribution >= 0.6 is 0 Å². The Morgan fingerprint density at radius 2 is 1.80 bits per heavy atom. The van der Waals surface area contributed by atoms with E-state index in [-0.39, 0.29) is 0 Å². The zero-order valence-corrected chi connectivity index (χ0v) is 13.3. The number of aliphatic hydroxyl groups excluding tert-OH is 1. The number of nitrogens with one attached hydrogen (secondary N) is 1. The molecule has 0 aromatic rings. The summed E-state index contributed by atoms with van der Waals surface area (Å²) < 4.78 is 10.8. The van der Waals surface area contributed by atoms with Gasteiger partial charge in [0.15, 0.2) is 0 Å². The van der Waals surface area contributed by atoms with Crippen LogP contribution in [-0.2, 0) is 9.47 Å². The summed E-state index contributed by atoms with van der Waals surface area (Å²) in [6, 6.07) is 0.582. The number of hydrogen-bond acceptors (Lipinski definition) is 4. The Labute approximate surface area is 124 Å². The van der Waals surface area contributed by atoms with Crippen molar-refractivity contribution < 1.29 is 14.6 Å². The summed E-state index contributed by atoms with van der Waals surface area (Å²) >= 11 is 0. The van der Waals surface area contributed by atoms with Crippen molar-refractivity contribution in [2.45, 2.75) is 64.5 Å². The number of rotatable bonds is 11. The lowest BCUT2D eigenvalue weighted by Crippen LogP contribution is -2.39. The summed E-state index contributed by atoms with van der Waals surface area (Å²) in [5, 5.41) is 13.3. The molecule has 0 bridgehead atoms. The lowest BCUT2D eigenvalue weighted by atomic mass is 9.87. The molecule has 0 spiro atoms. The molecule has 1 rings (SSSR count). The molecule has 0 radical (unpaired) electrons. The number of aliphatic hydroxyl groups is 1. The van der Waals surface area contributed by atoms with E-state index in [4.69, 9.17) is 9.47 Å². The van der Waals surface area contributed by atoms with Crippen LogP contribution in [0.4, 0.5) is 0 Å². The van der Waals surface area contributed by atoms with E-state index in [1.165, 1.54) is 25.7 Å². The van der Waals surface area contributed by atoms with Gasteiger partial charge in [0, 0.05) is 19.2 Å². The lowest BCUT2D eigenvalue weighted by molar-refractivity contribution is 0.00277. The molecule has 1 unspecified atom stereocenters. The first-order valence-corrected chi connectivity index (χ1v) is 8.29. The Hall–Kier alpha value is -0.160. The molecule has 0 aromatic heterocycles. The average Bonchev–Trinajstić information content (AvgIpc) is 2.46. The van der Waals surface area contributed by atoms with Gasteiger partial charge in [0.05, 0.1) is 25.9 Å². The number of hydrogen-bond donors (Lipinski definition) is 2. The third kappa shape index (κ3) is 8.90. The van der Waals surface area contributed by atoms with Gasteiger partial charge in [0.25, 0.3) is 0 Å². The largest absolute Gasteiger partial charge is 0.389 e. The quantitative estimate of drug-likeness (QED) is 0.573. The Morgan fingerprint density at radius 3 is 2.50 bits per heavy atom. The normalized spacial score (nSPS) is 24.8. The van der Waals surface area contributed by atoms with E-state index in [0.29, 0.717) is 32.4 Å². The molecular weight excluding hydrogens is 254 g/mol. The Balaban J connectivity index is 1.89. The van der Waals surface area contributed by atoms with Crippen molar-refractivity contribution >= 4 is 0 Å². The molecule has 0 amide bonds. The summed E-state index contributed by atoms with van der Waals surface area (Å²) in [5.41, 5.74) is 0. The van der Waals surface area contributed by atoms with E-state index in [0.717, 1.165) is 25.4 Å². The molecule has 2 N–H and O–H groups in total. The smallest absolute Gasteiger partial charge is 0.0897 e. The van der Waals surface area contributed by atoms with Gasteiger partial charge in [-0.15, -0.1) is 0 Å². The molecule has 0 aromatic carbocycles. The molecular formula is C16H33NO3. The van der Waals surface area contributed by atoms with Gasteiger partial charge < -0.3 is 19.9 Å². The van der Waals surface area contributed by atoms with Crippen LogP contribution in [0.1, 0.15) is 52.4 Å². The minimum Gasteiger partial charge on any atom is -0.389 e. The summed E-state index contributed by atoms with van der Waals surface area (Å²) in [4.78, 5) is 0. The summed E-state index contributed by atoms with van der Waals surface area (Å²) in [7, 11) is 0. The van der Waals surface area contributed by atoms with Crippen molar-refractivity contribution in [3.63, 3.8) is 0 Å². The highest BCUT2D eigenvalue weighted by Crippen LogP contribution is 2.23. The Morgan fingerprint density at radius 1 is 1.10 bits per heavy atom. The predicted molar refractivity (Wildman–Crippen MR) is 82.0 cm³/mol. The van der Waals surface area contributed by atoms with E-state index in [9.17, 15) is 5.11 Å². The SMILES string of the molecule is CCCCOCCOCC(O)CNC1CCC(C)CC1. The second-order valence-electron chi connectivity index (χ2n) is 6.06. The first-order valence-electron chi connectivity index (χ1n) is 8.29. The molecule has 4 nitrogen and oxygen atoms in total. The first-order chi connectivity index (χ1) is 9.72. The van der Waals surface area contributed by atoms with E-state index >= 15 is 0 Å². The number of ether oxygens (including phenoxy) is 2. The van der Waals surface area contributed by atoms with Crippen LogP contribution in [0.2, 0.25) is 0 Å². The molecule has 0 saturated heterocycles. The van der Waals surface area contributed by atoms with Crippen molar-refractivity contribution in [2.75, 3.05) is 33.0 Å². The van der Waals surface area contributed by atoms with Gasteiger partial charge >= 0.3 is 0 Å². The maximum Gasteiger partial charge on any atom is 0.0897 e. The highest BCUT2D eigenvalue weighted by atomic mass is 16.5. The van der Waals surface area contributed by atoms with Crippen LogP contribution in [0, 0.1) is 5.92 Å². The predicted octanol–water partition coefficient (Wildman–Crippen LogP) is 2.35. The van der Waals surface area contributed by atoms with E-state index in [1.807, 2.05) is 0 Å². The van der Waals surface area contributed by atoms with E-state index in [1.54, 1.807) is 0 Å². The fraction of sp³-hybridized carbons (Fsp3) is 1.00. The second-order valence-corrected chi connectivity index (χ2v) is 6.06. The van der Waals surface area contributed by atoms with Gasteiger partial charge in [-0.2, -0.15) is 0 Å². The van der Waals surface area contributed by atoms with E-state index in [2.05, 4.69) is 19.2 Å². The van der Waals surface area contributed by atoms with Crippen LogP contribution in [0.3, 0.4) is 0 Å². The monoisotopic (exact) mass is 287 g/mol. The Kier molecular flexibility index (Phi) is 10.3. The van der Waals surface area contributed by atoms with Crippen LogP contribution in [-0.4, -0.2) is 50.2 Å². The van der Waals surface area contributed by atoms with Gasteiger partial charge in [-0.3, -0.25) is 0 Å². The highest BCUT2D eigenvalue weighted by Gasteiger charge is 2.18. The molecule has 4 heteroatoms. The van der Waals surface area contributed by atoms with Gasteiger partial charge in [-0.05, 0) is 38.0 Å². The summed E-state index contributed by atoms with van der Waals surface area (Å²) in [6.45, 7) is 7.51. The molecule has 1 aliphatic rings. The molecule has 1 aliphatic carbocycles. The minimum absolute atomic E-state index is 0.396. The van der Waals surface area contributed by atoms with Crippen LogP contribution in [0.15, 0.2) is 0 Å². The standard InChI is InChI=1S/C16H33NO3/c1-3-4-9-19-10-11-20-13-16(18)12-17-15-7-5-14(2)6-8-15/h14-18H,3-13H2,1-2H3. The number of unbranched alkanes of at least 4 members (excludes halogenated alkanes) is 1. The summed E-state index contributed by atoms with van der Waals surface area (Å²) in [5.74, 6) is 0.869. The molecule has 0 aliphatic heterocycles. The van der Waals surface area contributed by atoms with Crippen LogP contribution in [0.5, 0.6) is 0 Å². The molecule has 20 heavy (non-hydrogen) atoms. The maximum atomic E-state index is 9.84. The molecule has 1 atom stereocenters. The lowest BCUT2D eigenvalue weighted by Gasteiger charge is -2.27. The highest BCUT2D eigenvalue weighted by molar-refractivity contribution is 4.76. The maximum absolute atomic E-state index is 9.84. The Bertz CT molecular complexity index is 218. The average molecular weight is 287 g/mol. The molecule has 120 valence electrons. The van der Waals surface area contributed by atoms with Crippen molar-refractivity contribution in [3.8, 4) is 0 Å². The minimum atomic E-state index is -0.412. The van der Waals surface area contributed by atoms with Crippen LogP contribution in [0.25, 0.3) is 0 Å². The van der Waals surface area contributed by atoms with Crippen molar-refractivity contribution in [2.24, 2.45) is 5.92 Å². The van der Waals surface area contributed by atoms with Gasteiger partial charge in [-0.1, -0.05) is 20.3 Å². The van der Waals surface area contributed by atoms with Crippen molar-refractivity contribution in [1.29, 1.82) is 0 Å². The fourth-order valence-corrected chi connectivity index (χ4v) is 2.51. The van der Waals surface area contributed by atoms with Crippen molar-refractivity contribution in [3.05, 3.63) is 0 Å². The third-order valence-electron chi connectivity index (χ3n) is 3.98. The summed E-state index contributed by atoms with van der Waals surface area (Å²) in [6.07, 6.45) is 6.93. The molecule has 1 saturated carbocycles. The van der Waals surface area contributed by atoms with Crippen molar-refractivity contribution in [1.82, 2.24) is 5.32 Å². The molecule has 1 fully saturated rings. The van der Waals surface area contributed by atoms with Gasteiger partial charge in [0.2, 0.25) is 0 Å². The second kappa shape index (κ2) is 11.5. The van der Waals surface area contributed by atoms with Gasteiger partial charge in [0.1, 0.15) is 0 Å². The first kappa shape index (κ1) is 17.9. The molecule has 0 heterocycles.